The first-order valence-corrected chi connectivity index (χ1v) is 22.4. The van der Waals surface area contributed by atoms with Crippen LogP contribution in [0.15, 0.2) is 89.3 Å². The highest BCUT2D eigenvalue weighted by Gasteiger charge is 2.48. The molecule has 3 nitrogen and oxygen atoms in total. The Morgan fingerprint density at radius 1 is 0.500 bits per heavy atom. The minimum Gasteiger partial charge on any atom is -0.440 e. The molecule has 310 valence electrons. The first kappa shape index (κ1) is 40.7. The molecule has 3 aliphatic rings. The molecule has 0 bridgehead atoms. The summed E-state index contributed by atoms with van der Waals surface area (Å²) in [7, 11) is 0. The van der Waals surface area contributed by atoms with Crippen LogP contribution in [0.3, 0.4) is 0 Å². The molecular formula is C56H67BN2O. The molecule has 0 unspecified atom stereocenters. The van der Waals surface area contributed by atoms with Crippen LogP contribution in [0.4, 0.5) is 34.3 Å². The number of nitrogens with zero attached hydrogens (tertiary/aromatic N) is 2. The highest BCUT2D eigenvalue weighted by atomic mass is 16.4. The van der Waals surface area contributed by atoms with Crippen molar-refractivity contribution in [2.45, 2.75) is 157 Å². The molecule has 4 heteroatoms. The van der Waals surface area contributed by atoms with Crippen molar-refractivity contribution in [1.29, 1.82) is 0 Å². The first-order chi connectivity index (χ1) is 27.6. The van der Waals surface area contributed by atoms with Gasteiger partial charge in [0.2, 0.25) is 5.88 Å². The standard InChI is InChI=1S/C56H67BN2O/c1-33-24-45-49-46(25-33)59(38-21-18-34(19-22-38)51(2,3)4)50-48(40-30-41-42(31-47(40)60-50)56(16,17)32-55(41,14)15)57(49)43-23-20-35(52(5,6)7)29-44(43)58(45)39-27-36(53(8,9)10)26-37(28-39)54(11,12)13/h18-31H,32H2,1-17H3. The molecule has 2 aliphatic heterocycles. The van der Waals surface area contributed by atoms with Crippen LogP contribution >= 0.6 is 0 Å². The molecule has 5 aromatic carbocycles. The van der Waals surface area contributed by atoms with E-state index < -0.39 is 0 Å². The number of hydrogen-bond acceptors (Lipinski definition) is 3. The maximum atomic E-state index is 7.36. The van der Waals surface area contributed by atoms with Crippen molar-refractivity contribution in [3.05, 3.63) is 124 Å². The van der Waals surface area contributed by atoms with Crippen molar-refractivity contribution in [1.82, 2.24) is 0 Å². The van der Waals surface area contributed by atoms with Gasteiger partial charge in [-0.3, -0.25) is 4.90 Å². The second kappa shape index (κ2) is 12.7. The van der Waals surface area contributed by atoms with Crippen LogP contribution in [0.2, 0.25) is 0 Å². The van der Waals surface area contributed by atoms with E-state index in [0.29, 0.717) is 0 Å². The molecule has 1 aliphatic carbocycles. The van der Waals surface area contributed by atoms with E-state index in [2.05, 4.69) is 212 Å². The summed E-state index contributed by atoms with van der Waals surface area (Å²) in [5, 5.41) is 1.23. The summed E-state index contributed by atoms with van der Waals surface area (Å²) in [5.41, 5.74) is 20.5. The maximum absolute atomic E-state index is 7.36. The lowest BCUT2D eigenvalue weighted by Crippen LogP contribution is -2.61. The van der Waals surface area contributed by atoms with Gasteiger partial charge in [0, 0.05) is 39.3 Å². The van der Waals surface area contributed by atoms with E-state index in [1.165, 1.54) is 83.5 Å². The Bertz CT molecular complexity index is 2700. The van der Waals surface area contributed by atoms with E-state index in [-0.39, 0.29) is 39.2 Å². The number of aryl methyl sites for hydroxylation is 1. The molecule has 3 heterocycles. The number of fused-ring (bicyclic) bond motifs is 7. The number of anilines is 6. The Morgan fingerprint density at radius 2 is 1.02 bits per heavy atom. The maximum Gasteiger partial charge on any atom is 0.257 e. The fourth-order valence-corrected chi connectivity index (χ4v) is 10.8. The van der Waals surface area contributed by atoms with Crippen LogP contribution in [0.5, 0.6) is 0 Å². The molecule has 1 aromatic heterocycles. The van der Waals surface area contributed by atoms with E-state index in [1.54, 1.807) is 0 Å². The van der Waals surface area contributed by atoms with Crippen molar-refractivity contribution in [2.75, 3.05) is 9.80 Å². The minimum atomic E-state index is -0.0302. The molecule has 0 saturated carbocycles. The summed E-state index contributed by atoms with van der Waals surface area (Å²) in [6.07, 6.45) is 1.11. The fourth-order valence-electron chi connectivity index (χ4n) is 10.8. The van der Waals surface area contributed by atoms with Gasteiger partial charge in [-0.15, -0.1) is 0 Å². The van der Waals surface area contributed by atoms with Crippen LogP contribution < -0.4 is 26.2 Å². The van der Waals surface area contributed by atoms with Gasteiger partial charge in [-0.25, -0.2) is 0 Å². The quantitative estimate of drug-likeness (QED) is 0.163. The zero-order valence-electron chi connectivity index (χ0n) is 39.7. The summed E-state index contributed by atoms with van der Waals surface area (Å²) in [6.45, 7) is 39.9. The van der Waals surface area contributed by atoms with Crippen molar-refractivity contribution in [3.8, 4) is 0 Å². The zero-order chi connectivity index (χ0) is 43.4. The third kappa shape index (κ3) is 6.29. The Kier molecular flexibility index (Phi) is 8.60. The summed E-state index contributed by atoms with van der Waals surface area (Å²) in [5.74, 6) is 0.936. The van der Waals surface area contributed by atoms with Gasteiger partial charge < -0.3 is 9.32 Å². The topological polar surface area (TPSA) is 19.6 Å². The molecule has 0 radical (unpaired) electrons. The van der Waals surface area contributed by atoms with Gasteiger partial charge in [0.1, 0.15) is 5.58 Å². The lowest BCUT2D eigenvalue weighted by Gasteiger charge is -2.43. The Balaban J connectivity index is 1.42. The van der Waals surface area contributed by atoms with Crippen LogP contribution in [0.25, 0.3) is 11.0 Å². The molecule has 0 amide bonds. The summed E-state index contributed by atoms with van der Waals surface area (Å²) < 4.78 is 7.36. The number of benzene rings is 5. The number of rotatable bonds is 2. The Hall–Kier alpha value is -4.70. The lowest BCUT2D eigenvalue weighted by molar-refractivity contribution is 0.403. The second-order valence-corrected chi connectivity index (χ2v) is 24.1. The summed E-state index contributed by atoms with van der Waals surface area (Å²) in [4.78, 5) is 5.07. The molecular weight excluding hydrogens is 727 g/mol. The third-order valence-electron chi connectivity index (χ3n) is 14.1. The van der Waals surface area contributed by atoms with Crippen LogP contribution in [-0.4, -0.2) is 6.71 Å². The molecule has 6 aromatic rings. The van der Waals surface area contributed by atoms with Gasteiger partial charge in [0.15, 0.2) is 0 Å². The number of furan rings is 1. The van der Waals surface area contributed by atoms with E-state index in [4.69, 9.17) is 4.42 Å². The Morgan fingerprint density at radius 3 is 1.57 bits per heavy atom. The molecule has 0 fully saturated rings. The van der Waals surface area contributed by atoms with E-state index in [9.17, 15) is 0 Å². The molecule has 0 N–H and O–H groups in total. The van der Waals surface area contributed by atoms with Gasteiger partial charge in [0.25, 0.3) is 6.71 Å². The van der Waals surface area contributed by atoms with Crippen LogP contribution in [-0.2, 0) is 32.5 Å². The highest BCUT2D eigenvalue weighted by molar-refractivity contribution is 7.01. The molecule has 0 saturated heterocycles. The zero-order valence-corrected chi connectivity index (χ0v) is 39.7. The van der Waals surface area contributed by atoms with E-state index in [1.807, 2.05) is 0 Å². The van der Waals surface area contributed by atoms with Crippen molar-refractivity contribution < 1.29 is 4.42 Å². The predicted octanol–water partition coefficient (Wildman–Crippen LogP) is 14.0. The summed E-state index contributed by atoms with van der Waals surface area (Å²) in [6, 6.07) is 33.8. The second-order valence-electron chi connectivity index (χ2n) is 24.1. The summed E-state index contributed by atoms with van der Waals surface area (Å²) >= 11 is 0. The average molecular weight is 795 g/mol. The lowest BCUT2D eigenvalue weighted by atomic mass is 9.33. The normalized spacial score (nSPS) is 16.9. The van der Waals surface area contributed by atoms with Crippen LogP contribution in [0, 0.1) is 6.92 Å². The van der Waals surface area contributed by atoms with Gasteiger partial charge in [-0.2, -0.15) is 0 Å². The molecule has 0 atom stereocenters. The third-order valence-corrected chi connectivity index (χ3v) is 14.1. The monoisotopic (exact) mass is 795 g/mol. The fraction of sp³-hybridized carbons (Fsp3) is 0.429. The van der Waals surface area contributed by atoms with Crippen molar-refractivity contribution >= 4 is 68.4 Å². The highest BCUT2D eigenvalue weighted by Crippen LogP contribution is 2.53. The number of hydrogen-bond donors (Lipinski definition) is 0. The van der Waals surface area contributed by atoms with Crippen molar-refractivity contribution in [2.24, 2.45) is 0 Å². The van der Waals surface area contributed by atoms with Gasteiger partial charge >= 0.3 is 0 Å². The smallest absolute Gasteiger partial charge is 0.257 e. The molecule has 60 heavy (non-hydrogen) atoms. The van der Waals surface area contributed by atoms with Crippen LogP contribution in [0.1, 0.15) is 156 Å². The van der Waals surface area contributed by atoms with Gasteiger partial charge in [-0.05, 0) is 150 Å². The largest absolute Gasteiger partial charge is 0.440 e. The van der Waals surface area contributed by atoms with E-state index >= 15 is 0 Å². The van der Waals surface area contributed by atoms with Gasteiger partial charge in [0.05, 0.1) is 0 Å². The molecule has 0 spiro atoms. The van der Waals surface area contributed by atoms with Crippen molar-refractivity contribution in [3.63, 3.8) is 0 Å². The van der Waals surface area contributed by atoms with Gasteiger partial charge in [-0.1, -0.05) is 141 Å². The molecule has 9 rings (SSSR count). The van der Waals surface area contributed by atoms with E-state index in [0.717, 1.165) is 23.6 Å². The minimum absolute atomic E-state index is 0.0272. The first-order valence-electron chi connectivity index (χ1n) is 22.4. The predicted molar refractivity (Wildman–Crippen MR) is 260 cm³/mol. The Labute approximate surface area is 361 Å². The SMILES string of the molecule is Cc1cc2c3c(c1)N(c1ccc(C(C)(C)C)cc1)c1oc4cc5c(cc4c1B3c1ccc(C(C)(C)C)cc1N2c1cc(C(C)(C)C)cc(C(C)(C)C)c1)C(C)(C)CC5(C)C. The average Bonchev–Trinajstić information content (AvgIpc) is 3.58.